The van der Waals surface area contributed by atoms with Crippen LogP contribution in [-0.4, -0.2) is 44.6 Å². The Bertz CT molecular complexity index is 618. The van der Waals surface area contributed by atoms with Crippen LogP contribution >= 0.6 is 0 Å². The molecular formula is C17H19N3O2. The first-order valence-electron chi connectivity index (χ1n) is 7.50. The molecule has 1 aliphatic rings. The van der Waals surface area contributed by atoms with Gasteiger partial charge in [-0.1, -0.05) is 6.07 Å². The molecule has 2 atom stereocenters. The molecule has 5 heteroatoms. The number of aromatic nitrogens is 2. The molecule has 0 spiro atoms. The Labute approximate surface area is 129 Å². The van der Waals surface area contributed by atoms with E-state index >= 15 is 0 Å². The van der Waals surface area contributed by atoms with E-state index in [0.717, 1.165) is 11.3 Å². The maximum atomic E-state index is 12.5. The van der Waals surface area contributed by atoms with Crippen LogP contribution < -0.4 is 0 Å². The van der Waals surface area contributed by atoms with Crippen LogP contribution in [0.3, 0.4) is 0 Å². The molecule has 5 nitrogen and oxygen atoms in total. The maximum Gasteiger partial charge on any atom is 0.228 e. The quantitative estimate of drug-likeness (QED) is 0.921. The fraction of sp³-hybridized carbons (Fsp3) is 0.353. The molecule has 2 aromatic heterocycles. The number of aliphatic hydroxyl groups is 1. The summed E-state index contributed by atoms with van der Waals surface area (Å²) in [6.45, 7) is 0.600. The lowest BCUT2D eigenvalue weighted by molar-refractivity contribution is -0.132. The molecule has 0 unspecified atom stereocenters. The van der Waals surface area contributed by atoms with Gasteiger partial charge in [0.15, 0.2) is 0 Å². The van der Waals surface area contributed by atoms with Gasteiger partial charge in [-0.3, -0.25) is 14.8 Å². The number of hydrogen-bond donors (Lipinski definition) is 1. The van der Waals surface area contributed by atoms with Gasteiger partial charge in [-0.2, -0.15) is 0 Å². The topological polar surface area (TPSA) is 66.3 Å². The van der Waals surface area contributed by atoms with Crippen LogP contribution in [0.25, 0.3) is 0 Å². The van der Waals surface area contributed by atoms with E-state index in [4.69, 9.17) is 0 Å². The van der Waals surface area contributed by atoms with Gasteiger partial charge >= 0.3 is 0 Å². The summed E-state index contributed by atoms with van der Waals surface area (Å²) < 4.78 is 0. The van der Waals surface area contributed by atoms with E-state index in [-0.39, 0.29) is 18.4 Å². The summed E-state index contributed by atoms with van der Waals surface area (Å²) in [6.07, 6.45) is 6.24. The van der Waals surface area contributed by atoms with Crippen molar-refractivity contribution < 1.29 is 9.90 Å². The molecule has 0 aromatic carbocycles. The minimum absolute atomic E-state index is 0.0225. The number of nitrogens with zero attached hydrogens (tertiary/aromatic N) is 3. The fourth-order valence-electron chi connectivity index (χ4n) is 2.91. The van der Waals surface area contributed by atoms with Crippen molar-refractivity contribution in [3.05, 3.63) is 60.2 Å². The number of hydrogen-bond acceptors (Lipinski definition) is 4. The molecule has 0 saturated carbocycles. The highest BCUT2D eigenvalue weighted by Gasteiger charge is 2.35. The van der Waals surface area contributed by atoms with E-state index in [1.807, 2.05) is 30.3 Å². The van der Waals surface area contributed by atoms with Crippen molar-refractivity contribution in [2.45, 2.75) is 31.4 Å². The van der Waals surface area contributed by atoms with E-state index in [9.17, 15) is 9.90 Å². The maximum absolute atomic E-state index is 12.5. The second-order valence-electron chi connectivity index (χ2n) is 5.57. The predicted octanol–water partition coefficient (Wildman–Crippen LogP) is 1.22. The third-order valence-corrected chi connectivity index (χ3v) is 4.08. The van der Waals surface area contributed by atoms with Gasteiger partial charge in [-0.15, -0.1) is 0 Å². The molecular weight excluding hydrogens is 278 g/mol. The van der Waals surface area contributed by atoms with Crippen LogP contribution in [0.4, 0.5) is 0 Å². The number of pyridine rings is 2. The van der Waals surface area contributed by atoms with E-state index in [1.165, 1.54) is 0 Å². The Morgan fingerprint density at radius 2 is 2.05 bits per heavy atom. The molecule has 2 aromatic rings. The Morgan fingerprint density at radius 1 is 1.23 bits per heavy atom. The number of likely N-dealkylation sites (tertiary alicyclic amines) is 1. The highest BCUT2D eigenvalue weighted by atomic mass is 16.3. The van der Waals surface area contributed by atoms with E-state index in [1.54, 1.807) is 23.5 Å². The van der Waals surface area contributed by atoms with Crippen molar-refractivity contribution in [3.63, 3.8) is 0 Å². The van der Waals surface area contributed by atoms with E-state index in [0.29, 0.717) is 19.4 Å². The fourth-order valence-corrected chi connectivity index (χ4v) is 2.91. The molecule has 3 rings (SSSR count). The third kappa shape index (κ3) is 3.31. The Kier molecular flexibility index (Phi) is 4.44. The zero-order valence-corrected chi connectivity index (χ0v) is 12.3. The first-order chi connectivity index (χ1) is 10.7. The molecule has 0 aliphatic carbocycles. The van der Waals surface area contributed by atoms with Gasteiger partial charge in [0.05, 0.1) is 18.6 Å². The van der Waals surface area contributed by atoms with Gasteiger partial charge in [0.25, 0.3) is 0 Å². The van der Waals surface area contributed by atoms with Gasteiger partial charge in [0.2, 0.25) is 5.91 Å². The van der Waals surface area contributed by atoms with E-state index in [2.05, 4.69) is 9.97 Å². The highest BCUT2D eigenvalue weighted by molar-refractivity contribution is 5.79. The Morgan fingerprint density at radius 3 is 2.77 bits per heavy atom. The number of carbonyl (C=O) groups is 1. The first-order valence-corrected chi connectivity index (χ1v) is 7.50. The summed E-state index contributed by atoms with van der Waals surface area (Å²) >= 11 is 0. The minimum atomic E-state index is -0.471. The molecule has 0 bridgehead atoms. The van der Waals surface area contributed by atoms with Crippen molar-refractivity contribution in [3.8, 4) is 0 Å². The van der Waals surface area contributed by atoms with Crippen molar-refractivity contribution >= 4 is 5.91 Å². The predicted molar refractivity (Wildman–Crippen MR) is 82.0 cm³/mol. The van der Waals surface area contributed by atoms with E-state index < -0.39 is 6.10 Å². The molecule has 1 fully saturated rings. The van der Waals surface area contributed by atoms with Gasteiger partial charge in [-0.05, 0) is 42.7 Å². The highest BCUT2D eigenvalue weighted by Crippen LogP contribution is 2.22. The smallest absolute Gasteiger partial charge is 0.228 e. The van der Waals surface area contributed by atoms with Crippen LogP contribution in [0.15, 0.2) is 48.9 Å². The lowest BCUT2D eigenvalue weighted by Gasteiger charge is -2.26. The Hall–Kier alpha value is -2.27. The van der Waals surface area contributed by atoms with Crippen LogP contribution in [0.5, 0.6) is 0 Å². The molecule has 3 heterocycles. The monoisotopic (exact) mass is 297 g/mol. The molecule has 1 saturated heterocycles. The standard InChI is InChI=1S/C17H19N3O2/c21-16-6-10-20(15(16)11-13-4-8-18-9-5-13)17(22)12-14-3-1-2-7-19-14/h1-5,7-9,15-16,21H,6,10-12H2/t15-,16-/m0/s1. The number of rotatable bonds is 4. The second kappa shape index (κ2) is 6.66. The summed E-state index contributed by atoms with van der Waals surface area (Å²) in [6, 6.07) is 9.24. The first kappa shape index (κ1) is 14.7. The van der Waals surface area contributed by atoms with Crippen molar-refractivity contribution in [1.82, 2.24) is 14.9 Å². The number of aliphatic hydroxyl groups excluding tert-OH is 1. The number of carbonyl (C=O) groups excluding carboxylic acids is 1. The molecule has 0 radical (unpaired) electrons. The molecule has 1 amide bonds. The van der Waals surface area contributed by atoms with Crippen molar-refractivity contribution in [1.29, 1.82) is 0 Å². The van der Waals surface area contributed by atoms with Crippen LogP contribution in [0.1, 0.15) is 17.7 Å². The van der Waals surface area contributed by atoms with Crippen molar-refractivity contribution in [2.24, 2.45) is 0 Å². The molecule has 1 aliphatic heterocycles. The van der Waals surface area contributed by atoms with Crippen LogP contribution in [-0.2, 0) is 17.6 Å². The van der Waals surface area contributed by atoms with Crippen LogP contribution in [0.2, 0.25) is 0 Å². The van der Waals surface area contributed by atoms with Gasteiger partial charge < -0.3 is 10.0 Å². The average molecular weight is 297 g/mol. The molecule has 22 heavy (non-hydrogen) atoms. The lowest BCUT2D eigenvalue weighted by Crippen LogP contribution is -2.41. The summed E-state index contributed by atoms with van der Waals surface area (Å²) in [5.74, 6) is 0.0225. The molecule has 1 N–H and O–H groups in total. The minimum Gasteiger partial charge on any atom is -0.391 e. The summed E-state index contributed by atoms with van der Waals surface area (Å²) in [4.78, 5) is 22.5. The zero-order valence-electron chi connectivity index (χ0n) is 12.3. The average Bonchev–Trinajstić information content (AvgIpc) is 2.90. The van der Waals surface area contributed by atoms with Gasteiger partial charge in [0, 0.05) is 30.8 Å². The third-order valence-electron chi connectivity index (χ3n) is 4.08. The lowest BCUT2D eigenvalue weighted by atomic mass is 10.0. The van der Waals surface area contributed by atoms with Crippen LogP contribution in [0, 0.1) is 0 Å². The van der Waals surface area contributed by atoms with Gasteiger partial charge in [-0.25, -0.2) is 0 Å². The molecule has 114 valence electrons. The van der Waals surface area contributed by atoms with Crippen molar-refractivity contribution in [2.75, 3.05) is 6.54 Å². The normalized spacial score (nSPS) is 21.0. The second-order valence-corrected chi connectivity index (χ2v) is 5.57. The number of amides is 1. The summed E-state index contributed by atoms with van der Waals surface area (Å²) in [5, 5.41) is 10.2. The summed E-state index contributed by atoms with van der Waals surface area (Å²) in [5.41, 5.74) is 1.84. The largest absolute Gasteiger partial charge is 0.391 e. The Balaban J connectivity index is 1.70. The SMILES string of the molecule is O=C(Cc1ccccn1)N1CC[C@H](O)[C@@H]1Cc1ccncc1. The van der Waals surface area contributed by atoms with Gasteiger partial charge in [0.1, 0.15) is 0 Å². The summed E-state index contributed by atoms with van der Waals surface area (Å²) in [7, 11) is 0. The zero-order chi connectivity index (χ0) is 15.4.